The quantitative estimate of drug-likeness (QED) is 0.876. The normalized spacial score (nSPS) is 10.7. The third kappa shape index (κ3) is 2.55. The number of carboxylic acids is 1. The maximum atomic E-state index is 10.5. The average Bonchev–Trinajstić information content (AvgIpc) is 2.68. The van der Waals surface area contributed by atoms with Crippen molar-refractivity contribution in [3.05, 3.63) is 23.8 Å². The highest BCUT2D eigenvalue weighted by Gasteiger charge is 2.11. The SMILES string of the molecule is Cc1ccc2oc(N(C)CCC(=O)O)nc2c1. The van der Waals surface area contributed by atoms with E-state index in [1.165, 1.54) is 0 Å². The van der Waals surface area contributed by atoms with Crippen LogP contribution < -0.4 is 4.90 Å². The van der Waals surface area contributed by atoms with Crippen molar-refractivity contribution in [1.82, 2.24) is 4.98 Å². The van der Waals surface area contributed by atoms with Gasteiger partial charge in [0.1, 0.15) is 5.52 Å². The molecule has 17 heavy (non-hydrogen) atoms. The molecule has 0 aliphatic heterocycles. The minimum absolute atomic E-state index is 0.0637. The Morgan fingerprint density at radius 2 is 2.29 bits per heavy atom. The Kier molecular flexibility index (Phi) is 2.99. The van der Waals surface area contributed by atoms with Gasteiger partial charge in [-0.15, -0.1) is 0 Å². The summed E-state index contributed by atoms with van der Waals surface area (Å²) in [5.74, 6) is -0.830. The van der Waals surface area contributed by atoms with Crippen LogP contribution in [0.3, 0.4) is 0 Å². The highest BCUT2D eigenvalue weighted by molar-refractivity contribution is 5.75. The molecular weight excluding hydrogens is 220 g/mol. The fourth-order valence-corrected chi connectivity index (χ4v) is 1.55. The first-order valence-corrected chi connectivity index (χ1v) is 5.36. The lowest BCUT2D eigenvalue weighted by Crippen LogP contribution is -2.21. The lowest BCUT2D eigenvalue weighted by molar-refractivity contribution is -0.136. The van der Waals surface area contributed by atoms with Gasteiger partial charge in [0.15, 0.2) is 5.58 Å². The first-order valence-electron chi connectivity index (χ1n) is 5.36. The average molecular weight is 234 g/mol. The van der Waals surface area contributed by atoms with Crippen LogP contribution >= 0.6 is 0 Å². The van der Waals surface area contributed by atoms with Crippen LogP contribution in [0.15, 0.2) is 22.6 Å². The van der Waals surface area contributed by atoms with Gasteiger partial charge in [-0.2, -0.15) is 4.98 Å². The molecule has 0 radical (unpaired) electrons. The van der Waals surface area contributed by atoms with Crippen LogP contribution in [0.1, 0.15) is 12.0 Å². The first kappa shape index (κ1) is 11.4. The predicted molar refractivity (Wildman–Crippen MR) is 64.3 cm³/mol. The molecule has 0 atom stereocenters. The summed E-state index contributed by atoms with van der Waals surface area (Å²) in [6.07, 6.45) is 0.0637. The van der Waals surface area contributed by atoms with Crippen molar-refractivity contribution in [1.29, 1.82) is 0 Å². The minimum atomic E-state index is -0.830. The van der Waals surface area contributed by atoms with Gasteiger partial charge < -0.3 is 14.4 Å². The molecule has 2 aromatic rings. The fourth-order valence-electron chi connectivity index (χ4n) is 1.55. The van der Waals surface area contributed by atoms with E-state index >= 15 is 0 Å². The lowest BCUT2D eigenvalue weighted by Gasteiger charge is -2.11. The number of aromatic nitrogens is 1. The topological polar surface area (TPSA) is 66.6 Å². The predicted octanol–water partition coefficient (Wildman–Crippen LogP) is 2.05. The van der Waals surface area contributed by atoms with E-state index in [9.17, 15) is 4.79 Å². The molecule has 0 aliphatic rings. The number of nitrogens with zero attached hydrogens (tertiary/aromatic N) is 2. The van der Waals surface area contributed by atoms with Gasteiger partial charge in [0.25, 0.3) is 6.01 Å². The number of hydrogen-bond donors (Lipinski definition) is 1. The van der Waals surface area contributed by atoms with Crippen LogP contribution in [0.25, 0.3) is 11.1 Å². The molecular formula is C12H14N2O3. The first-order chi connectivity index (χ1) is 8.06. The van der Waals surface area contributed by atoms with E-state index in [0.29, 0.717) is 18.1 Å². The molecule has 1 N–H and O–H groups in total. The minimum Gasteiger partial charge on any atom is -0.481 e. The Morgan fingerprint density at radius 1 is 1.53 bits per heavy atom. The summed E-state index contributed by atoms with van der Waals surface area (Å²) >= 11 is 0. The second-order valence-electron chi connectivity index (χ2n) is 4.03. The zero-order valence-corrected chi connectivity index (χ0v) is 9.80. The molecule has 0 saturated heterocycles. The standard InChI is InChI=1S/C12H14N2O3/c1-8-3-4-10-9(7-8)13-12(17-10)14(2)6-5-11(15)16/h3-4,7H,5-6H2,1-2H3,(H,15,16). The number of carbonyl (C=O) groups is 1. The molecule has 1 aromatic carbocycles. The highest BCUT2D eigenvalue weighted by Crippen LogP contribution is 2.21. The van der Waals surface area contributed by atoms with Crippen LogP contribution in [0, 0.1) is 6.92 Å². The molecule has 0 bridgehead atoms. The molecule has 1 heterocycles. The lowest BCUT2D eigenvalue weighted by atomic mass is 10.2. The molecule has 0 saturated carbocycles. The molecule has 0 unspecified atom stereocenters. The third-order valence-electron chi connectivity index (χ3n) is 2.52. The molecule has 0 amide bonds. The molecule has 0 aliphatic carbocycles. The van der Waals surface area contributed by atoms with Crippen molar-refractivity contribution in [2.75, 3.05) is 18.5 Å². The summed E-state index contributed by atoms with van der Waals surface area (Å²) in [4.78, 5) is 16.5. The van der Waals surface area contributed by atoms with Gasteiger partial charge in [-0.1, -0.05) is 6.07 Å². The molecule has 2 rings (SSSR count). The number of aliphatic carboxylic acids is 1. The second kappa shape index (κ2) is 4.45. The van der Waals surface area contributed by atoms with E-state index in [1.807, 2.05) is 25.1 Å². The van der Waals surface area contributed by atoms with Crippen molar-refractivity contribution in [2.45, 2.75) is 13.3 Å². The Balaban J connectivity index is 2.21. The van der Waals surface area contributed by atoms with Crippen molar-refractivity contribution < 1.29 is 14.3 Å². The van der Waals surface area contributed by atoms with Crippen LogP contribution in [0.2, 0.25) is 0 Å². The van der Waals surface area contributed by atoms with Gasteiger partial charge >= 0.3 is 5.97 Å². The Bertz CT molecular complexity index is 548. The number of anilines is 1. The third-order valence-corrected chi connectivity index (χ3v) is 2.52. The van der Waals surface area contributed by atoms with E-state index in [2.05, 4.69) is 4.98 Å². The smallest absolute Gasteiger partial charge is 0.305 e. The zero-order valence-electron chi connectivity index (χ0n) is 9.80. The highest BCUT2D eigenvalue weighted by atomic mass is 16.4. The summed E-state index contributed by atoms with van der Waals surface area (Å²) in [6.45, 7) is 2.36. The molecule has 90 valence electrons. The fraction of sp³-hybridized carbons (Fsp3) is 0.333. The molecule has 0 fully saturated rings. The number of aryl methyl sites for hydroxylation is 1. The summed E-state index contributed by atoms with van der Waals surface area (Å²) in [6, 6.07) is 6.21. The Morgan fingerprint density at radius 3 is 3.00 bits per heavy atom. The van der Waals surface area contributed by atoms with Gasteiger partial charge in [-0.3, -0.25) is 4.79 Å². The molecule has 5 heteroatoms. The summed E-state index contributed by atoms with van der Waals surface area (Å²) in [5.41, 5.74) is 2.63. The number of hydrogen-bond acceptors (Lipinski definition) is 4. The van der Waals surface area contributed by atoms with Crippen molar-refractivity contribution >= 4 is 23.1 Å². The van der Waals surface area contributed by atoms with Crippen LogP contribution in [-0.4, -0.2) is 29.7 Å². The maximum absolute atomic E-state index is 10.5. The molecule has 1 aromatic heterocycles. The maximum Gasteiger partial charge on any atom is 0.305 e. The summed E-state index contributed by atoms with van der Waals surface area (Å²) in [7, 11) is 1.76. The number of benzene rings is 1. The van der Waals surface area contributed by atoms with Crippen molar-refractivity contribution in [3.8, 4) is 0 Å². The van der Waals surface area contributed by atoms with Gasteiger partial charge in [-0.25, -0.2) is 0 Å². The van der Waals surface area contributed by atoms with Gasteiger partial charge in [0.2, 0.25) is 0 Å². The van der Waals surface area contributed by atoms with E-state index in [-0.39, 0.29) is 6.42 Å². The van der Waals surface area contributed by atoms with Gasteiger partial charge in [0, 0.05) is 13.6 Å². The Hall–Kier alpha value is -2.04. The zero-order chi connectivity index (χ0) is 12.4. The summed E-state index contributed by atoms with van der Waals surface area (Å²) in [5, 5.41) is 8.61. The number of carboxylic acid groups (broad SMARTS) is 1. The van der Waals surface area contributed by atoms with Crippen LogP contribution in [0.4, 0.5) is 6.01 Å². The van der Waals surface area contributed by atoms with Crippen LogP contribution in [-0.2, 0) is 4.79 Å². The van der Waals surface area contributed by atoms with Crippen molar-refractivity contribution in [3.63, 3.8) is 0 Å². The number of rotatable bonds is 4. The Labute approximate surface area is 98.7 Å². The van der Waals surface area contributed by atoms with Gasteiger partial charge in [-0.05, 0) is 24.6 Å². The van der Waals surface area contributed by atoms with Crippen molar-refractivity contribution in [2.24, 2.45) is 0 Å². The van der Waals surface area contributed by atoms with E-state index in [4.69, 9.17) is 9.52 Å². The van der Waals surface area contributed by atoms with Crippen LogP contribution in [0.5, 0.6) is 0 Å². The van der Waals surface area contributed by atoms with E-state index in [0.717, 1.165) is 11.1 Å². The van der Waals surface area contributed by atoms with Gasteiger partial charge in [0.05, 0.1) is 6.42 Å². The second-order valence-corrected chi connectivity index (χ2v) is 4.03. The monoisotopic (exact) mass is 234 g/mol. The molecule has 0 spiro atoms. The number of fused-ring (bicyclic) bond motifs is 1. The van der Waals surface area contributed by atoms with E-state index in [1.54, 1.807) is 11.9 Å². The van der Waals surface area contributed by atoms with E-state index < -0.39 is 5.97 Å². The summed E-state index contributed by atoms with van der Waals surface area (Å²) < 4.78 is 5.54. The largest absolute Gasteiger partial charge is 0.481 e. The number of oxazole rings is 1. The molecule has 5 nitrogen and oxygen atoms in total.